The molecule has 26 heavy (non-hydrogen) atoms. The molecule has 1 aliphatic heterocycles. The van der Waals surface area contributed by atoms with Crippen LogP contribution < -0.4 is 0 Å². The first kappa shape index (κ1) is 16.8. The molecule has 0 bridgehead atoms. The smallest absolute Gasteiger partial charge is 0.225 e. The summed E-state index contributed by atoms with van der Waals surface area (Å²) in [6.45, 7) is 3.76. The summed E-state index contributed by atoms with van der Waals surface area (Å²) < 4.78 is 0. The van der Waals surface area contributed by atoms with Gasteiger partial charge in [-0.3, -0.25) is 4.79 Å². The fourth-order valence-electron chi connectivity index (χ4n) is 5.82. The molecule has 3 heteroatoms. The van der Waals surface area contributed by atoms with Crippen molar-refractivity contribution < 1.29 is 9.90 Å². The van der Waals surface area contributed by atoms with Gasteiger partial charge in [0.25, 0.3) is 0 Å². The van der Waals surface area contributed by atoms with Gasteiger partial charge in [0.2, 0.25) is 5.91 Å². The average Bonchev–Trinajstić information content (AvgIpc) is 3.31. The molecule has 0 aromatic heterocycles. The molecule has 1 unspecified atom stereocenters. The van der Waals surface area contributed by atoms with Crippen LogP contribution in [0.25, 0.3) is 0 Å². The zero-order chi connectivity index (χ0) is 17.9. The number of benzene rings is 1. The lowest BCUT2D eigenvalue weighted by Gasteiger charge is -2.52. The maximum atomic E-state index is 12.5. The molecule has 1 N–H and O–H groups in total. The van der Waals surface area contributed by atoms with Gasteiger partial charge < -0.3 is 10.0 Å². The number of aliphatic hydroxyl groups is 1. The van der Waals surface area contributed by atoms with E-state index in [1.165, 1.54) is 49.7 Å². The molecule has 0 radical (unpaired) electrons. The number of nitrogens with zero attached hydrogens (tertiary/aromatic N) is 1. The van der Waals surface area contributed by atoms with E-state index in [1.54, 1.807) is 0 Å². The molecule has 1 atom stereocenters. The highest BCUT2D eigenvalue weighted by atomic mass is 16.3. The first-order valence-corrected chi connectivity index (χ1v) is 10.5. The molecule has 3 nitrogen and oxygen atoms in total. The number of hydrogen-bond acceptors (Lipinski definition) is 2. The van der Waals surface area contributed by atoms with Crippen LogP contribution in [0.4, 0.5) is 0 Å². The highest BCUT2D eigenvalue weighted by molar-refractivity contribution is 5.81. The summed E-state index contributed by atoms with van der Waals surface area (Å²) in [7, 11) is 0. The third-order valence-electron chi connectivity index (χ3n) is 7.44. The van der Waals surface area contributed by atoms with Crippen molar-refractivity contribution in [3.05, 3.63) is 35.4 Å². The van der Waals surface area contributed by atoms with Gasteiger partial charge >= 0.3 is 0 Å². The number of carbonyl (C=O) groups is 1. The molecule has 140 valence electrons. The highest BCUT2D eigenvalue weighted by Gasteiger charge is 2.52. The van der Waals surface area contributed by atoms with Crippen LogP contribution in [0.1, 0.15) is 68.9 Å². The quantitative estimate of drug-likeness (QED) is 0.892. The Bertz CT molecular complexity index is 689. The minimum Gasteiger partial charge on any atom is -0.390 e. The standard InChI is InChI=1S/C23H31NO2/c1-22(26)12-20(13-22)21(25)24-14-23(15-24)9-8-17(11-23)10-16-2-4-18(5-3-16)19-6-7-19/h2-5,17,19-20,26H,6-15H2,1H3. The van der Waals surface area contributed by atoms with E-state index in [0.717, 1.165) is 24.9 Å². The van der Waals surface area contributed by atoms with Gasteiger partial charge in [0.05, 0.1) is 5.60 Å². The van der Waals surface area contributed by atoms with Crippen molar-refractivity contribution in [2.45, 2.75) is 69.8 Å². The predicted octanol–water partition coefficient (Wildman–Crippen LogP) is 3.90. The normalized spacial score (nSPS) is 35.2. The second-order valence-electron chi connectivity index (χ2n) is 10.1. The maximum absolute atomic E-state index is 12.5. The zero-order valence-corrected chi connectivity index (χ0v) is 15.9. The third-order valence-corrected chi connectivity index (χ3v) is 7.44. The summed E-state index contributed by atoms with van der Waals surface area (Å²) in [5, 5.41) is 9.87. The molecule has 4 fully saturated rings. The Morgan fingerprint density at radius 3 is 2.42 bits per heavy atom. The summed E-state index contributed by atoms with van der Waals surface area (Å²) in [4.78, 5) is 14.6. The van der Waals surface area contributed by atoms with Gasteiger partial charge in [0.1, 0.15) is 0 Å². The van der Waals surface area contributed by atoms with Gasteiger partial charge in [-0.2, -0.15) is 0 Å². The summed E-state index contributed by atoms with van der Waals surface area (Å²) in [6.07, 6.45) is 9.12. The van der Waals surface area contributed by atoms with Crippen LogP contribution in [-0.4, -0.2) is 34.6 Å². The van der Waals surface area contributed by atoms with Gasteiger partial charge in [0, 0.05) is 24.4 Å². The van der Waals surface area contributed by atoms with Crippen molar-refractivity contribution in [1.82, 2.24) is 4.90 Å². The lowest BCUT2D eigenvalue weighted by molar-refractivity contribution is -0.161. The van der Waals surface area contributed by atoms with E-state index in [1.807, 2.05) is 6.92 Å². The second-order valence-corrected chi connectivity index (χ2v) is 10.1. The first-order chi connectivity index (χ1) is 12.4. The van der Waals surface area contributed by atoms with Gasteiger partial charge in [-0.15, -0.1) is 0 Å². The van der Waals surface area contributed by atoms with Crippen LogP contribution in [-0.2, 0) is 11.2 Å². The van der Waals surface area contributed by atoms with Gasteiger partial charge in [-0.1, -0.05) is 24.3 Å². The van der Waals surface area contributed by atoms with Crippen LogP contribution in [0.2, 0.25) is 0 Å². The molecule has 1 heterocycles. The number of hydrogen-bond donors (Lipinski definition) is 1. The Balaban J connectivity index is 1.11. The molecule has 3 saturated carbocycles. The Morgan fingerprint density at radius 1 is 1.12 bits per heavy atom. The number of rotatable bonds is 4. The van der Waals surface area contributed by atoms with E-state index in [0.29, 0.717) is 24.2 Å². The average molecular weight is 354 g/mol. The second kappa shape index (κ2) is 5.82. The Labute approximate surface area is 156 Å². The van der Waals surface area contributed by atoms with Crippen molar-refractivity contribution in [3.8, 4) is 0 Å². The van der Waals surface area contributed by atoms with Gasteiger partial charge in [-0.25, -0.2) is 0 Å². The van der Waals surface area contributed by atoms with E-state index < -0.39 is 5.60 Å². The Morgan fingerprint density at radius 2 is 1.81 bits per heavy atom. The molecule has 1 spiro atoms. The third kappa shape index (κ3) is 3.09. The van der Waals surface area contributed by atoms with Crippen molar-refractivity contribution in [2.75, 3.05) is 13.1 Å². The minimum atomic E-state index is -0.601. The maximum Gasteiger partial charge on any atom is 0.225 e. The van der Waals surface area contributed by atoms with Crippen LogP contribution in [0.15, 0.2) is 24.3 Å². The minimum absolute atomic E-state index is 0.0736. The molecule has 1 amide bonds. The van der Waals surface area contributed by atoms with Crippen molar-refractivity contribution in [1.29, 1.82) is 0 Å². The molecular weight excluding hydrogens is 322 g/mol. The van der Waals surface area contributed by atoms with Crippen LogP contribution in [0.5, 0.6) is 0 Å². The molecule has 5 rings (SSSR count). The molecule has 1 saturated heterocycles. The number of amides is 1. The monoisotopic (exact) mass is 353 g/mol. The fraction of sp³-hybridized carbons (Fsp3) is 0.696. The van der Waals surface area contributed by atoms with Crippen molar-refractivity contribution >= 4 is 5.91 Å². The van der Waals surface area contributed by atoms with Crippen LogP contribution in [0, 0.1) is 17.3 Å². The number of carbonyl (C=O) groups excluding carboxylic acids is 1. The predicted molar refractivity (Wildman–Crippen MR) is 102 cm³/mol. The summed E-state index contributed by atoms with van der Waals surface area (Å²) in [5.74, 6) is 1.99. The largest absolute Gasteiger partial charge is 0.390 e. The van der Waals surface area contributed by atoms with E-state index in [2.05, 4.69) is 29.2 Å². The highest BCUT2D eigenvalue weighted by Crippen LogP contribution is 2.50. The number of likely N-dealkylation sites (tertiary alicyclic amines) is 1. The van der Waals surface area contributed by atoms with E-state index in [9.17, 15) is 9.90 Å². The van der Waals surface area contributed by atoms with E-state index >= 15 is 0 Å². The Hall–Kier alpha value is -1.35. The van der Waals surface area contributed by atoms with Gasteiger partial charge in [0.15, 0.2) is 0 Å². The lowest BCUT2D eigenvalue weighted by atomic mass is 9.69. The summed E-state index contributed by atoms with van der Waals surface area (Å²) >= 11 is 0. The van der Waals surface area contributed by atoms with Gasteiger partial charge in [-0.05, 0) is 81.3 Å². The topological polar surface area (TPSA) is 40.5 Å². The molecular formula is C23H31NO2. The summed E-state index contributed by atoms with van der Waals surface area (Å²) in [6, 6.07) is 9.37. The van der Waals surface area contributed by atoms with Crippen LogP contribution >= 0.6 is 0 Å². The molecule has 3 aliphatic carbocycles. The van der Waals surface area contributed by atoms with Crippen LogP contribution in [0.3, 0.4) is 0 Å². The fourth-order valence-corrected chi connectivity index (χ4v) is 5.82. The zero-order valence-electron chi connectivity index (χ0n) is 15.9. The lowest BCUT2D eigenvalue weighted by Crippen LogP contribution is -2.61. The summed E-state index contributed by atoms with van der Waals surface area (Å²) in [5.41, 5.74) is 2.82. The molecule has 4 aliphatic rings. The Kier molecular flexibility index (Phi) is 3.76. The van der Waals surface area contributed by atoms with Crippen molar-refractivity contribution in [3.63, 3.8) is 0 Å². The van der Waals surface area contributed by atoms with Crippen molar-refractivity contribution in [2.24, 2.45) is 17.3 Å². The first-order valence-electron chi connectivity index (χ1n) is 10.5. The van der Waals surface area contributed by atoms with E-state index in [-0.39, 0.29) is 5.92 Å². The van der Waals surface area contributed by atoms with E-state index in [4.69, 9.17) is 0 Å². The SMILES string of the molecule is CC1(O)CC(C(=O)N2CC3(CCC(Cc4ccc(C5CC5)cc4)C3)C2)C1. The molecule has 1 aromatic carbocycles. The molecule has 1 aromatic rings.